The molecule has 1 aliphatic heterocycles. The zero-order valence-corrected chi connectivity index (χ0v) is 24.8. The lowest BCUT2D eigenvalue weighted by Gasteiger charge is -2.34. The molecule has 1 aliphatic rings. The van der Waals surface area contributed by atoms with Crippen LogP contribution < -0.4 is 27.0 Å². The van der Waals surface area contributed by atoms with Crippen LogP contribution in [0.25, 0.3) is 0 Å². The molecule has 0 saturated carbocycles. The lowest BCUT2D eigenvalue weighted by atomic mass is 10.0. The molecule has 12 nitrogen and oxygen atoms in total. The van der Waals surface area contributed by atoms with Crippen molar-refractivity contribution in [2.45, 2.75) is 55.6 Å². The van der Waals surface area contributed by atoms with Crippen molar-refractivity contribution in [1.82, 2.24) is 21.3 Å². The van der Waals surface area contributed by atoms with Gasteiger partial charge in [0.15, 0.2) is 0 Å². The van der Waals surface area contributed by atoms with Crippen LogP contribution >= 0.6 is 21.6 Å². The number of carbonyl (C=O) groups excluding carboxylic acids is 4. The molecule has 2 unspecified atom stereocenters. The lowest BCUT2D eigenvalue weighted by molar-refractivity contribution is -0.141. The quantitative estimate of drug-likeness (QED) is 0.213. The van der Waals surface area contributed by atoms with Gasteiger partial charge in [0.2, 0.25) is 23.6 Å². The first-order valence-corrected chi connectivity index (χ1v) is 15.5. The number of carboxylic acid groups (broad SMARTS) is 1. The molecule has 1 heterocycles. The summed E-state index contributed by atoms with van der Waals surface area (Å²) in [4.78, 5) is 64.3. The van der Waals surface area contributed by atoms with Crippen LogP contribution in [0, 0.1) is 0 Å². The van der Waals surface area contributed by atoms with E-state index in [0.29, 0.717) is 5.56 Å². The Balaban J connectivity index is 1.79. The molecule has 0 aliphatic carbocycles. The number of benzene rings is 2. The molecule has 0 bridgehead atoms. The molecule has 4 amide bonds. The third-order valence-corrected chi connectivity index (χ3v) is 9.76. The van der Waals surface area contributed by atoms with Crippen LogP contribution in [0.1, 0.15) is 25.0 Å². The number of amides is 4. The minimum absolute atomic E-state index is 0.0518. The van der Waals surface area contributed by atoms with E-state index in [0.717, 1.165) is 27.2 Å². The first-order chi connectivity index (χ1) is 19.9. The number of nitrogens with one attached hydrogen (secondary N) is 4. The SMILES string of the molecule is CC1(C)SSCC(C(=O)O)NC(=O)C(Cc2ccccc2)NC(=O)CNC(=O)[C@@H]1NC(=O)[C@@H](N)Cc1ccc(O)cc1. The highest BCUT2D eigenvalue weighted by Crippen LogP contribution is 2.38. The Kier molecular flexibility index (Phi) is 11.6. The van der Waals surface area contributed by atoms with E-state index in [-0.39, 0.29) is 24.3 Å². The normalized spacial score (nSPS) is 22.5. The molecule has 2 aromatic carbocycles. The summed E-state index contributed by atoms with van der Waals surface area (Å²) in [5, 5.41) is 29.6. The summed E-state index contributed by atoms with van der Waals surface area (Å²) >= 11 is 0. The van der Waals surface area contributed by atoms with Crippen LogP contribution in [0.15, 0.2) is 54.6 Å². The Bertz CT molecular complexity index is 1280. The summed E-state index contributed by atoms with van der Waals surface area (Å²) in [6.07, 6.45) is 0.249. The standard InChI is InChI=1S/C28H35N5O7S2/c1-28(2)23(33-24(36)19(29)12-17-8-10-18(34)11-9-17)26(38)30-14-22(35)31-20(13-16-6-4-3-5-7-16)25(37)32-21(27(39)40)15-41-42-28/h3-11,19-21,23,34H,12-15,29H2,1-2H3,(H,30,38)(H,31,35)(H,32,37)(H,33,36)(H,39,40)/t19-,20?,21?,23-/m0/s1. The van der Waals surface area contributed by atoms with Crippen LogP contribution in [0.4, 0.5) is 0 Å². The molecular weight excluding hydrogens is 582 g/mol. The molecule has 8 N–H and O–H groups in total. The lowest BCUT2D eigenvalue weighted by Crippen LogP contribution is -2.60. The zero-order chi connectivity index (χ0) is 30.9. The van der Waals surface area contributed by atoms with Crippen molar-refractivity contribution < 1.29 is 34.2 Å². The number of nitrogens with two attached hydrogens (primary N) is 1. The number of aromatic hydroxyl groups is 1. The maximum absolute atomic E-state index is 13.3. The smallest absolute Gasteiger partial charge is 0.327 e. The van der Waals surface area contributed by atoms with E-state index in [2.05, 4.69) is 21.3 Å². The van der Waals surface area contributed by atoms with Crippen molar-refractivity contribution in [1.29, 1.82) is 0 Å². The summed E-state index contributed by atoms with van der Waals surface area (Å²) in [6.45, 7) is 2.90. The van der Waals surface area contributed by atoms with Crippen molar-refractivity contribution in [3.63, 3.8) is 0 Å². The monoisotopic (exact) mass is 617 g/mol. The summed E-state index contributed by atoms with van der Waals surface area (Å²) < 4.78 is -0.994. The van der Waals surface area contributed by atoms with Gasteiger partial charge >= 0.3 is 5.97 Å². The molecule has 3 rings (SSSR count). The second-order valence-electron chi connectivity index (χ2n) is 10.3. The van der Waals surface area contributed by atoms with E-state index < -0.39 is 65.1 Å². The fourth-order valence-corrected chi connectivity index (χ4v) is 6.91. The number of carbonyl (C=O) groups is 5. The molecule has 0 spiro atoms. The number of carboxylic acids is 1. The van der Waals surface area contributed by atoms with Crippen molar-refractivity contribution in [2.24, 2.45) is 5.73 Å². The Morgan fingerprint density at radius 1 is 1.02 bits per heavy atom. The van der Waals surface area contributed by atoms with E-state index in [1.807, 2.05) is 0 Å². The van der Waals surface area contributed by atoms with Crippen LogP contribution in [0.2, 0.25) is 0 Å². The highest BCUT2D eigenvalue weighted by molar-refractivity contribution is 8.77. The van der Waals surface area contributed by atoms with Gasteiger partial charge in [0.25, 0.3) is 0 Å². The number of hydrogen-bond donors (Lipinski definition) is 7. The Hall–Kier alpha value is -3.75. The molecule has 0 aromatic heterocycles. The number of aliphatic carboxylic acids is 1. The molecule has 226 valence electrons. The number of hydrogen-bond acceptors (Lipinski definition) is 9. The van der Waals surface area contributed by atoms with Gasteiger partial charge in [-0.05, 0) is 43.5 Å². The second-order valence-corrected chi connectivity index (χ2v) is 13.3. The molecule has 42 heavy (non-hydrogen) atoms. The first kappa shape index (κ1) is 32.8. The molecule has 1 saturated heterocycles. The Labute approximate surface area is 251 Å². The van der Waals surface area contributed by atoms with Gasteiger partial charge in [-0.3, -0.25) is 19.2 Å². The van der Waals surface area contributed by atoms with Gasteiger partial charge in [0, 0.05) is 16.9 Å². The van der Waals surface area contributed by atoms with Crippen molar-refractivity contribution in [3.8, 4) is 5.75 Å². The first-order valence-electron chi connectivity index (χ1n) is 13.1. The van der Waals surface area contributed by atoms with Crippen molar-refractivity contribution >= 4 is 51.2 Å². The third kappa shape index (κ3) is 9.67. The fraction of sp³-hybridized carbons (Fsp3) is 0.393. The van der Waals surface area contributed by atoms with E-state index in [4.69, 9.17) is 5.73 Å². The summed E-state index contributed by atoms with van der Waals surface area (Å²) in [6, 6.07) is 10.6. The molecular formula is C28H35N5O7S2. The molecule has 0 radical (unpaired) electrons. The van der Waals surface area contributed by atoms with Gasteiger partial charge < -0.3 is 37.2 Å². The topological polar surface area (TPSA) is 200 Å². The fourth-order valence-electron chi connectivity index (χ4n) is 4.11. The largest absolute Gasteiger partial charge is 0.508 e. The molecule has 14 heteroatoms. The van der Waals surface area contributed by atoms with Crippen molar-refractivity contribution in [3.05, 3.63) is 65.7 Å². The predicted molar refractivity (Wildman–Crippen MR) is 160 cm³/mol. The predicted octanol–water partition coefficient (Wildman–Crippen LogP) is 0.334. The average molecular weight is 618 g/mol. The number of phenols is 1. The molecule has 1 fully saturated rings. The molecule has 4 atom stereocenters. The highest BCUT2D eigenvalue weighted by atomic mass is 33.1. The number of phenolic OH excluding ortho intramolecular Hbond substituents is 1. The van der Waals surface area contributed by atoms with Gasteiger partial charge in [-0.1, -0.05) is 64.1 Å². The molecule has 2 aromatic rings. The van der Waals surface area contributed by atoms with Gasteiger partial charge in [-0.15, -0.1) is 0 Å². The maximum atomic E-state index is 13.3. The maximum Gasteiger partial charge on any atom is 0.327 e. The van der Waals surface area contributed by atoms with Crippen molar-refractivity contribution in [2.75, 3.05) is 12.3 Å². The summed E-state index contributed by atoms with van der Waals surface area (Å²) in [5.41, 5.74) is 7.58. The van der Waals surface area contributed by atoms with E-state index in [1.165, 1.54) is 12.1 Å². The third-order valence-electron chi connectivity index (χ3n) is 6.45. The second kappa shape index (κ2) is 14.9. The zero-order valence-electron chi connectivity index (χ0n) is 23.2. The van der Waals surface area contributed by atoms with Crippen LogP contribution in [0.5, 0.6) is 5.75 Å². The van der Waals surface area contributed by atoms with Crippen LogP contribution in [-0.2, 0) is 36.8 Å². The van der Waals surface area contributed by atoms with E-state index in [9.17, 15) is 34.2 Å². The minimum atomic E-state index is -1.27. The van der Waals surface area contributed by atoms with Gasteiger partial charge in [-0.2, -0.15) is 0 Å². The highest BCUT2D eigenvalue weighted by Gasteiger charge is 2.39. The average Bonchev–Trinajstić information content (AvgIpc) is 2.94. The van der Waals surface area contributed by atoms with Gasteiger partial charge in [0.1, 0.15) is 23.9 Å². The summed E-state index contributed by atoms with van der Waals surface area (Å²) in [5.74, 6) is -3.82. The van der Waals surface area contributed by atoms with Gasteiger partial charge in [-0.25, -0.2) is 4.79 Å². The Morgan fingerprint density at radius 3 is 2.33 bits per heavy atom. The van der Waals surface area contributed by atoms with Gasteiger partial charge in [0.05, 0.1) is 12.6 Å². The minimum Gasteiger partial charge on any atom is -0.508 e. The Morgan fingerprint density at radius 2 is 1.69 bits per heavy atom. The number of rotatable bonds is 7. The van der Waals surface area contributed by atoms with Crippen LogP contribution in [-0.4, -0.2) is 81.0 Å². The van der Waals surface area contributed by atoms with Crippen LogP contribution in [0.3, 0.4) is 0 Å². The van der Waals surface area contributed by atoms with E-state index >= 15 is 0 Å². The summed E-state index contributed by atoms with van der Waals surface area (Å²) in [7, 11) is 2.28. The van der Waals surface area contributed by atoms with E-state index in [1.54, 1.807) is 56.3 Å².